The third-order valence-electron chi connectivity index (χ3n) is 4.42. The molecular weight excluding hydrogens is 243 g/mol. The molecule has 1 aromatic rings. The van der Waals surface area contributed by atoms with Gasteiger partial charge in [-0.05, 0) is 37.0 Å². The van der Waals surface area contributed by atoms with Gasteiger partial charge in [0.05, 0.1) is 5.41 Å². The molecule has 1 aliphatic heterocycles. The summed E-state index contributed by atoms with van der Waals surface area (Å²) in [5.41, 5.74) is 6.06. The standard InChI is InChI=1S/C15H21FN2O/c1-11(2)15(14(17)19)6-8-18(9-7-15)13-5-3-4-12(16)10-13/h3-5,10-11H,6-9H2,1-2H3,(H2,17,19). The zero-order valence-corrected chi connectivity index (χ0v) is 11.5. The van der Waals surface area contributed by atoms with Crippen molar-refractivity contribution in [1.29, 1.82) is 0 Å². The Bertz CT molecular complexity index is 465. The van der Waals surface area contributed by atoms with E-state index >= 15 is 0 Å². The van der Waals surface area contributed by atoms with Crippen molar-refractivity contribution in [3.05, 3.63) is 30.1 Å². The van der Waals surface area contributed by atoms with E-state index in [1.807, 2.05) is 19.9 Å². The molecule has 0 saturated carbocycles. The largest absolute Gasteiger partial charge is 0.371 e. The van der Waals surface area contributed by atoms with E-state index in [2.05, 4.69) is 4.90 Å². The summed E-state index contributed by atoms with van der Waals surface area (Å²) < 4.78 is 13.2. The van der Waals surface area contributed by atoms with Crippen LogP contribution in [0.1, 0.15) is 26.7 Å². The molecule has 0 aromatic heterocycles. The number of nitrogens with zero attached hydrogens (tertiary/aromatic N) is 1. The fraction of sp³-hybridized carbons (Fsp3) is 0.533. The number of hydrogen-bond acceptors (Lipinski definition) is 2. The molecule has 19 heavy (non-hydrogen) atoms. The van der Waals surface area contributed by atoms with Crippen LogP contribution < -0.4 is 10.6 Å². The van der Waals surface area contributed by atoms with Crippen molar-refractivity contribution in [2.45, 2.75) is 26.7 Å². The smallest absolute Gasteiger partial charge is 0.224 e. The van der Waals surface area contributed by atoms with Crippen LogP contribution in [0.15, 0.2) is 24.3 Å². The molecule has 2 N–H and O–H groups in total. The highest BCUT2D eigenvalue weighted by Crippen LogP contribution is 2.39. The van der Waals surface area contributed by atoms with Gasteiger partial charge in [-0.1, -0.05) is 19.9 Å². The number of amides is 1. The summed E-state index contributed by atoms with van der Waals surface area (Å²) in [5, 5.41) is 0. The van der Waals surface area contributed by atoms with Crippen molar-refractivity contribution < 1.29 is 9.18 Å². The van der Waals surface area contributed by atoms with E-state index in [4.69, 9.17) is 5.73 Å². The highest BCUT2D eigenvalue weighted by molar-refractivity contribution is 5.81. The third kappa shape index (κ3) is 2.57. The molecule has 2 rings (SSSR count). The Morgan fingerprint density at radius 1 is 1.37 bits per heavy atom. The number of rotatable bonds is 3. The second-order valence-electron chi connectivity index (χ2n) is 5.64. The molecule has 1 amide bonds. The SMILES string of the molecule is CC(C)C1(C(N)=O)CCN(c2cccc(F)c2)CC1. The number of carbonyl (C=O) groups excluding carboxylic acids is 1. The summed E-state index contributed by atoms with van der Waals surface area (Å²) in [6, 6.07) is 6.58. The minimum atomic E-state index is -0.413. The molecule has 0 unspecified atom stereocenters. The second-order valence-corrected chi connectivity index (χ2v) is 5.64. The van der Waals surface area contributed by atoms with Crippen molar-refractivity contribution >= 4 is 11.6 Å². The van der Waals surface area contributed by atoms with Crippen molar-refractivity contribution in [3.63, 3.8) is 0 Å². The van der Waals surface area contributed by atoms with Gasteiger partial charge in [0.15, 0.2) is 0 Å². The lowest BCUT2D eigenvalue weighted by molar-refractivity contribution is -0.131. The average Bonchev–Trinajstić information content (AvgIpc) is 2.38. The van der Waals surface area contributed by atoms with E-state index in [-0.39, 0.29) is 17.6 Å². The van der Waals surface area contributed by atoms with Gasteiger partial charge in [-0.2, -0.15) is 0 Å². The van der Waals surface area contributed by atoms with Crippen LogP contribution >= 0.6 is 0 Å². The lowest BCUT2D eigenvalue weighted by Crippen LogP contribution is -2.50. The normalized spacial score (nSPS) is 18.6. The molecule has 0 aliphatic carbocycles. The summed E-state index contributed by atoms with van der Waals surface area (Å²) in [7, 11) is 0. The van der Waals surface area contributed by atoms with Crippen LogP contribution in [0, 0.1) is 17.2 Å². The van der Waals surface area contributed by atoms with Gasteiger partial charge < -0.3 is 10.6 Å². The zero-order chi connectivity index (χ0) is 14.0. The first-order valence-corrected chi connectivity index (χ1v) is 6.76. The summed E-state index contributed by atoms with van der Waals surface area (Å²) in [4.78, 5) is 13.9. The van der Waals surface area contributed by atoms with Crippen molar-refractivity contribution in [2.75, 3.05) is 18.0 Å². The Kier molecular flexibility index (Phi) is 3.78. The van der Waals surface area contributed by atoms with Gasteiger partial charge in [0.25, 0.3) is 0 Å². The van der Waals surface area contributed by atoms with Gasteiger partial charge in [-0.25, -0.2) is 4.39 Å². The minimum Gasteiger partial charge on any atom is -0.371 e. The molecule has 0 spiro atoms. The quantitative estimate of drug-likeness (QED) is 0.912. The van der Waals surface area contributed by atoms with Crippen LogP contribution in [-0.4, -0.2) is 19.0 Å². The Balaban J connectivity index is 2.12. The monoisotopic (exact) mass is 264 g/mol. The number of nitrogens with two attached hydrogens (primary N) is 1. The van der Waals surface area contributed by atoms with Gasteiger partial charge in [0, 0.05) is 18.8 Å². The number of primary amides is 1. The molecule has 0 bridgehead atoms. The fourth-order valence-electron chi connectivity index (χ4n) is 2.95. The molecule has 0 atom stereocenters. The molecular formula is C15H21FN2O. The van der Waals surface area contributed by atoms with E-state index in [0.717, 1.165) is 31.6 Å². The molecule has 1 aliphatic rings. The number of halogens is 1. The maximum atomic E-state index is 13.2. The summed E-state index contributed by atoms with van der Waals surface area (Å²) >= 11 is 0. The van der Waals surface area contributed by atoms with Crippen molar-refractivity contribution in [3.8, 4) is 0 Å². The number of benzene rings is 1. The Morgan fingerprint density at radius 2 is 2.00 bits per heavy atom. The first-order chi connectivity index (χ1) is 8.95. The third-order valence-corrected chi connectivity index (χ3v) is 4.42. The van der Waals surface area contributed by atoms with Gasteiger partial charge in [-0.15, -0.1) is 0 Å². The number of hydrogen-bond donors (Lipinski definition) is 1. The lowest BCUT2D eigenvalue weighted by atomic mass is 9.69. The topological polar surface area (TPSA) is 46.3 Å². The molecule has 1 saturated heterocycles. The van der Waals surface area contributed by atoms with Crippen LogP contribution in [0.25, 0.3) is 0 Å². The maximum absolute atomic E-state index is 13.2. The first kappa shape index (κ1) is 13.8. The predicted molar refractivity (Wildman–Crippen MR) is 74.3 cm³/mol. The van der Waals surface area contributed by atoms with E-state index in [0.29, 0.717) is 0 Å². The van der Waals surface area contributed by atoms with Crippen molar-refractivity contribution in [2.24, 2.45) is 17.1 Å². The van der Waals surface area contributed by atoms with E-state index < -0.39 is 5.41 Å². The van der Waals surface area contributed by atoms with Crippen LogP contribution in [0.2, 0.25) is 0 Å². The maximum Gasteiger partial charge on any atom is 0.224 e. The molecule has 1 fully saturated rings. The second kappa shape index (κ2) is 5.19. The highest BCUT2D eigenvalue weighted by atomic mass is 19.1. The predicted octanol–water partition coefficient (Wildman–Crippen LogP) is 2.55. The lowest BCUT2D eigenvalue weighted by Gasteiger charge is -2.43. The van der Waals surface area contributed by atoms with Gasteiger partial charge in [0.2, 0.25) is 5.91 Å². The summed E-state index contributed by atoms with van der Waals surface area (Å²) in [6.07, 6.45) is 1.47. The molecule has 3 nitrogen and oxygen atoms in total. The molecule has 1 heterocycles. The molecule has 104 valence electrons. The number of anilines is 1. The van der Waals surface area contributed by atoms with Crippen LogP contribution in [0.5, 0.6) is 0 Å². The summed E-state index contributed by atoms with van der Waals surface area (Å²) in [6.45, 7) is 5.57. The minimum absolute atomic E-state index is 0.207. The van der Waals surface area contributed by atoms with Gasteiger partial charge in [-0.3, -0.25) is 4.79 Å². The van der Waals surface area contributed by atoms with Crippen LogP contribution in [-0.2, 0) is 4.79 Å². The zero-order valence-electron chi connectivity index (χ0n) is 11.5. The van der Waals surface area contributed by atoms with E-state index in [1.54, 1.807) is 6.07 Å². The molecule has 1 aromatic carbocycles. The van der Waals surface area contributed by atoms with Crippen molar-refractivity contribution in [1.82, 2.24) is 0 Å². The number of carbonyl (C=O) groups is 1. The van der Waals surface area contributed by atoms with E-state index in [9.17, 15) is 9.18 Å². The molecule has 0 radical (unpaired) electrons. The first-order valence-electron chi connectivity index (χ1n) is 6.76. The van der Waals surface area contributed by atoms with E-state index in [1.165, 1.54) is 12.1 Å². The fourth-order valence-corrected chi connectivity index (χ4v) is 2.95. The Labute approximate surface area is 113 Å². The number of piperidine rings is 1. The Hall–Kier alpha value is -1.58. The van der Waals surface area contributed by atoms with Crippen LogP contribution in [0.4, 0.5) is 10.1 Å². The summed E-state index contributed by atoms with van der Waals surface area (Å²) in [5.74, 6) is -0.200. The average molecular weight is 264 g/mol. The van der Waals surface area contributed by atoms with Gasteiger partial charge >= 0.3 is 0 Å². The molecule has 4 heteroatoms. The highest BCUT2D eigenvalue weighted by Gasteiger charge is 2.42. The van der Waals surface area contributed by atoms with Crippen LogP contribution in [0.3, 0.4) is 0 Å². The van der Waals surface area contributed by atoms with Gasteiger partial charge in [0.1, 0.15) is 5.82 Å². The Morgan fingerprint density at radius 3 is 2.47 bits per heavy atom.